The molecule has 0 atom stereocenters. The van der Waals surface area contributed by atoms with Crippen LogP contribution in [0.1, 0.15) is 0 Å². The number of pyridine rings is 1. The van der Waals surface area contributed by atoms with E-state index < -0.39 is 40.9 Å². The number of nitrogens with one attached hydrogen (secondary N) is 1. The number of amides is 3. The molecule has 0 aliphatic heterocycles. The molecule has 7 nitrogen and oxygen atoms in total. The second-order valence-corrected chi connectivity index (χ2v) is 7.39. The monoisotopic (exact) mass is 483 g/mol. The molecule has 35 heavy (non-hydrogen) atoms. The van der Waals surface area contributed by atoms with Crippen molar-refractivity contribution in [3.63, 3.8) is 0 Å². The second kappa shape index (κ2) is 9.39. The Balaban J connectivity index is 2.02. The number of carbonyl (C=O) groups is 2. The Morgan fingerprint density at radius 1 is 0.914 bits per heavy atom. The molecule has 4 rings (SSSR count). The highest BCUT2D eigenvalue weighted by Gasteiger charge is 2.26. The van der Waals surface area contributed by atoms with Crippen LogP contribution in [0.25, 0.3) is 22.0 Å². The maximum absolute atomic E-state index is 14.7. The first-order valence-electron chi connectivity index (χ1n) is 10.1. The summed E-state index contributed by atoms with van der Waals surface area (Å²) in [7, 11) is 0. The molecule has 178 valence electrons. The molecule has 0 unspecified atom stereocenters. The van der Waals surface area contributed by atoms with Gasteiger partial charge < -0.3 is 16.8 Å². The van der Waals surface area contributed by atoms with Crippen LogP contribution in [0, 0.1) is 23.3 Å². The lowest BCUT2D eigenvalue weighted by molar-refractivity contribution is -0.114. The Morgan fingerprint density at radius 2 is 1.63 bits per heavy atom. The molecule has 11 heteroatoms. The summed E-state index contributed by atoms with van der Waals surface area (Å²) in [6, 6.07) is 10.3. The molecule has 0 bridgehead atoms. The van der Waals surface area contributed by atoms with Gasteiger partial charge in [-0.2, -0.15) is 0 Å². The first-order valence-corrected chi connectivity index (χ1v) is 10.1. The number of urea groups is 1. The van der Waals surface area contributed by atoms with E-state index in [9.17, 15) is 27.2 Å². The Morgan fingerprint density at radius 3 is 2.26 bits per heavy atom. The average molecular weight is 483 g/mol. The van der Waals surface area contributed by atoms with Crippen molar-refractivity contribution in [2.75, 3.05) is 16.8 Å². The lowest BCUT2D eigenvalue weighted by Gasteiger charge is -2.22. The van der Waals surface area contributed by atoms with Crippen molar-refractivity contribution in [2.45, 2.75) is 0 Å². The zero-order valence-corrected chi connectivity index (χ0v) is 17.9. The normalized spacial score (nSPS) is 10.9. The summed E-state index contributed by atoms with van der Waals surface area (Å²) >= 11 is 0. The van der Waals surface area contributed by atoms with Gasteiger partial charge in [-0.3, -0.25) is 4.79 Å². The van der Waals surface area contributed by atoms with Crippen LogP contribution < -0.4 is 21.7 Å². The number of hydrogen-bond acceptors (Lipinski definition) is 4. The summed E-state index contributed by atoms with van der Waals surface area (Å²) in [5.74, 6) is -4.80. The molecule has 4 aromatic rings. The van der Waals surface area contributed by atoms with E-state index in [0.717, 1.165) is 30.3 Å². The molecule has 1 aromatic heterocycles. The van der Waals surface area contributed by atoms with Gasteiger partial charge in [-0.1, -0.05) is 12.1 Å². The molecular weight excluding hydrogens is 466 g/mol. The standard InChI is InChI=1S/C24H17F4N5O2/c25-13-4-6-16(19(28)10-13)22-15-7-5-14(31-21(34)11-29)8-12(15)9-20(32-22)33(24(30)35)23-17(26)2-1-3-18(23)27/h1-10H,11,29H2,(H2,30,35)(H,31,34). The van der Waals surface area contributed by atoms with Crippen molar-refractivity contribution >= 4 is 39.9 Å². The summed E-state index contributed by atoms with van der Waals surface area (Å²) in [5.41, 5.74) is 10.1. The highest BCUT2D eigenvalue weighted by Crippen LogP contribution is 2.37. The average Bonchev–Trinajstić information content (AvgIpc) is 2.80. The number of aromatic nitrogens is 1. The van der Waals surface area contributed by atoms with Crippen LogP contribution in [0.5, 0.6) is 0 Å². The SMILES string of the molecule is NCC(=O)Nc1ccc2c(-c3ccc(F)cc3F)nc(N(C(N)=O)c3c(F)cccc3F)cc2c1. The van der Waals surface area contributed by atoms with Crippen LogP contribution in [0.2, 0.25) is 0 Å². The molecule has 0 fully saturated rings. The maximum Gasteiger partial charge on any atom is 0.325 e. The van der Waals surface area contributed by atoms with Gasteiger partial charge in [0.15, 0.2) is 0 Å². The Kier molecular flexibility index (Phi) is 6.34. The zero-order chi connectivity index (χ0) is 25.3. The minimum atomic E-state index is -1.26. The molecule has 3 amide bonds. The van der Waals surface area contributed by atoms with Crippen molar-refractivity contribution in [1.29, 1.82) is 0 Å². The van der Waals surface area contributed by atoms with E-state index >= 15 is 0 Å². The highest BCUT2D eigenvalue weighted by molar-refractivity contribution is 6.04. The van der Waals surface area contributed by atoms with Crippen LogP contribution in [0.4, 0.5) is 39.5 Å². The summed E-state index contributed by atoms with van der Waals surface area (Å²) in [4.78, 5) is 28.8. The third kappa shape index (κ3) is 4.62. The summed E-state index contributed by atoms with van der Waals surface area (Å²) in [6.45, 7) is -0.284. The highest BCUT2D eigenvalue weighted by atomic mass is 19.1. The number of para-hydroxylation sites is 1. The summed E-state index contributed by atoms with van der Waals surface area (Å²) in [6.07, 6.45) is 0. The lowest BCUT2D eigenvalue weighted by Crippen LogP contribution is -2.33. The number of carbonyl (C=O) groups excluding carboxylic acids is 2. The van der Waals surface area contributed by atoms with E-state index in [4.69, 9.17) is 11.5 Å². The molecule has 1 heterocycles. The van der Waals surface area contributed by atoms with Crippen molar-refractivity contribution in [2.24, 2.45) is 11.5 Å². The molecule has 0 saturated heterocycles. The van der Waals surface area contributed by atoms with Gasteiger partial charge in [0.25, 0.3) is 0 Å². The van der Waals surface area contributed by atoms with Crippen molar-refractivity contribution in [1.82, 2.24) is 4.98 Å². The predicted octanol–water partition coefficient (Wildman–Crippen LogP) is 4.57. The van der Waals surface area contributed by atoms with Gasteiger partial charge in [0.05, 0.1) is 12.2 Å². The van der Waals surface area contributed by atoms with Crippen molar-refractivity contribution in [3.05, 3.63) is 83.9 Å². The van der Waals surface area contributed by atoms with E-state index in [1.165, 1.54) is 24.3 Å². The maximum atomic E-state index is 14.7. The molecule has 0 radical (unpaired) electrons. The molecule has 0 aliphatic rings. The summed E-state index contributed by atoms with van der Waals surface area (Å²) < 4.78 is 57.4. The third-order valence-electron chi connectivity index (χ3n) is 5.08. The molecule has 5 N–H and O–H groups in total. The van der Waals surface area contributed by atoms with E-state index in [2.05, 4.69) is 10.3 Å². The van der Waals surface area contributed by atoms with Crippen LogP contribution in [0.3, 0.4) is 0 Å². The first-order chi connectivity index (χ1) is 16.7. The van der Waals surface area contributed by atoms with Gasteiger partial charge in [-0.15, -0.1) is 0 Å². The number of nitrogens with two attached hydrogens (primary N) is 2. The fraction of sp³-hybridized carbons (Fsp3) is 0.0417. The number of rotatable bonds is 5. The quantitative estimate of drug-likeness (QED) is 0.361. The molecule has 0 saturated carbocycles. The molecule has 0 aliphatic carbocycles. The van der Waals surface area contributed by atoms with Crippen molar-refractivity contribution in [3.8, 4) is 11.3 Å². The molecule has 0 spiro atoms. The third-order valence-corrected chi connectivity index (χ3v) is 5.08. The van der Waals surface area contributed by atoms with Crippen LogP contribution >= 0.6 is 0 Å². The van der Waals surface area contributed by atoms with Gasteiger partial charge in [0, 0.05) is 22.7 Å². The van der Waals surface area contributed by atoms with E-state index in [-0.39, 0.29) is 23.6 Å². The largest absolute Gasteiger partial charge is 0.351 e. The first kappa shape index (κ1) is 23.6. The topological polar surface area (TPSA) is 114 Å². The van der Waals surface area contributed by atoms with Crippen LogP contribution in [0.15, 0.2) is 60.7 Å². The number of anilines is 3. The molecule has 3 aromatic carbocycles. The Labute approximate surface area is 196 Å². The number of benzene rings is 3. The van der Waals surface area contributed by atoms with E-state index in [1.807, 2.05) is 0 Å². The number of nitrogens with zero attached hydrogens (tertiary/aromatic N) is 2. The minimum Gasteiger partial charge on any atom is -0.351 e. The van der Waals surface area contributed by atoms with Crippen LogP contribution in [-0.2, 0) is 4.79 Å². The number of hydrogen-bond donors (Lipinski definition) is 3. The number of fused-ring (bicyclic) bond motifs is 1. The zero-order valence-electron chi connectivity index (χ0n) is 17.9. The van der Waals surface area contributed by atoms with E-state index in [1.54, 1.807) is 0 Å². The van der Waals surface area contributed by atoms with Crippen molar-refractivity contribution < 1.29 is 27.2 Å². The Bertz CT molecular complexity index is 1460. The van der Waals surface area contributed by atoms with Gasteiger partial charge in [0.2, 0.25) is 5.91 Å². The predicted molar refractivity (Wildman–Crippen MR) is 123 cm³/mol. The van der Waals surface area contributed by atoms with E-state index in [0.29, 0.717) is 27.4 Å². The smallest absolute Gasteiger partial charge is 0.325 e. The summed E-state index contributed by atoms with van der Waals surface area (Å²) in [5, 5.41) is 3.18. The number of halogens is 4. The fourth-order valence-electron chi connectivity index (χ4n) is 3.58. The fourth-order valence-corrected chi connectivity index (χ4v) is 3.58. The van der Waals surface area contributed by atoms with Gasteiger partial charge in [-0.25, -0.2) is 32.2 Å². The lowest BCUT2D eigenvalue weighted by atomic mass is 10.0. The van der Waals surface area contributed by atoms with Gasteiger partial charge in [0.1, 0.15) is 34.8 Å². The van der Waals surface area contributed by atoms with Crippen LogP contribution in [-0.4, -0.2) is 23.5 Å². The number of primary amides is 1. The van der Waals surface area contributed by atoms with Gasteiger partial charge in [-0.05, 0) is 47.9 Å². The Hall–Kier alpha value is -4.51. The molecular formula is C24H17F4N5O2. The second-order valence-electron chi connectivity index (χ2n) is 7.39. The minimum absolute atomic E-state index is 0.0605. The van der Waals surface area contributed by atoms with Gasteiger partial charge >= 0.3 is 6.03 Å².